The van der Waals surface area contributed by atoms with Crippen LogP contribution in [0.1, 0.15) is 49.9 Å². The van der Waals surface area contributed by atoms with E-state index in [2.05, 4.69) is 19.1 Å². The molecule has 4 aromatic rings. The molecule has 0 saturated heterocycles. The SMILES string of the molecule is CC(=O)c1ccc2c(c1)c1ccccc1[s+]2-c1ccc(OC2(C)CCCC2)c(F)c1. The zero-order valence-electron chi connectivity index (χ0n) is 17.2. The van der Waals surface area contributed by atoms with Gasteiger partial charge in [0.1, 0.15) is 5.60 Å². The van der Waals surface area contributed by atoms with Crippen molar-refractivity contribution in [3.63, 3.8) is 0 Å². The lowest BCUT2D eigenvalue weighted by molar-refractivity contribution is 0.0914. The Labute approximate surface area is 178 Å². The van der Waals surface area contributed by atoms with E-state index in [1.807, 2.05) is 36.4 Å². The van der Waals surface area contributed by atoms with Crippen LogP contribution < -0.4 is 4.74 Å². The van der Waals surface area contributed by atoms with E-state index in [1.54, 1.807) is 19.1 Å². The Balaban J connectivity index is 1.65. The number of hydrogen-bond acceptors (Lipinski definition) is 2. The molecule has 152 valence electrons. The highest BCUT2D eigenvalue weighted by Crippen LogP contribution is 2.49. The van der Waals surface area contributed by atoms with Crippen LogP contribution in [0.15, 0.2) is 60.7 Å². The number of carbonyl (C=O) groups excluding carboxylic acids is 1. The molecule has 1 saturated carbocycles. The summed E-state index contributed by atoms with van der Waals surface area (Å²) in [4.78, 5) is 12.8. The van der Waals surface area contributed by atoms with Gasteiger partial charge in [-0.05, 0) is 75.9 Å². The molecule has 1 fully saturated rings. The molecule has 30 heavy (non-hydrogen) atoms. The average Bonchev–Trinajstić information content (AvgIpc) is 3.30. The topological polar surface area (TPSA) is 26.3 Å². The summed E-state index contributed by atoms with van der Waals surface area (Å²) in [6.07, 6.45) is 4.21. The third kappa shape index (κ3) is 3.20. The molecule has 5 rings (SSSR count). The summed E-state index contributed by atoms with van der Waals surface area (Å²) in [6, 6.07) is 19.5. The van der Waals surface area contributed by atoms with Crippen LogP contribution in [-0.4, -0.2) is 11.4 Å². The van der Waals surface area contributed by atoms with Gasteiger partial charge in [0, 0.05) is 38.9 Å². The summed E-state index contributed by atoms with van der Waals surface area (Å²) in [7, 11) is -0.402. The molecule has 1 aliphatic rings. The summed E-state index contributed by atoms with van der Waals surface area (Å²) in [6.45, 7) is 3.66. The number of fused-ring (bicyclic) bond motifs is 3. The summed E-state index contributed by atoms with van der Waals surface area (Å²) in [5.41, 5.74) is 0.439. The van der Waals surface area contributed by atoms with Crippen molar-refractivity contribution < 1.29 is 13.9 Å². The van der Waals surface area contributed by atoms with Crippen LogP contribution in [0.3, 0.4) is 0 Å². The van der Waals surface area contributed by atoms with Gasteiger partial charge in [0.2, 0.25) is 0 Å². The van der Waals surface area contributed by atoms with E-state index in [0.717, 1.165) is 46.1 Å². The van der Waals surface area contributed by atoms with Crippen molar-refractivity contribution in [3.05, 3.63) is 72.0 Å². The minimum Gasteiger partial charge on any atom is -0.484 e. The highest BCUT2D eigenvalue weighted by molar-refractivity contribution is 7.50. The fourth-order valence-corrected chi connectivity index (χ4v) is 6.93. The molecule has 1 unspecified atom stereocenters. The lowest BCUT2D eigenvalue weighted by atomic mass is 10.1. The minimum absolute atomic E-state index is 0.0509. The summed E-state index contributed by atoms with van der Waals surface area (Å²) >= 11 is 0. The Kier molecular flexibility index (Phi) is 4.62. The predicted octanol–water partition coefficient (Wildman–Crippen LogP) is 7.78. The molecule has 1 aliphatic carbocycles. The highest BCUT2D eigenvalue weighted by atomic mass is 32.2. The van der Waals surface area contributed by atoms with Gasteiger partial charge in [0.05, 0.1) is 0 Å². The Morgan fingerprint density at radius 1 is 0.967 bits per heavy atom. The number of benzene rings is 3. The van der Waals surface area contributed by atoms with Crippen LogP contribution in [0.5, 0.6) is 5.75 Å². The number of carbonyl (C=O) groups is 1. The van der Waals surface area contributed by atoms with Crippen molar-refractivity contribution in [1.82, 2.24) is 0 Å². The van der Waals surface area contributed by atoms with Gasteiger partial charge in [0.15, 0.2) is 31.6 Å². The minimum atomic E-state index is -0.402. The molecule has 1 heterocycles. The van der Waals surface area contributed by atoms with Crippen molar-refractivity contribution in [2.75, 3.05) is 0 Å². The number of hydrogen-bond donors (Lipinski definition) is 0. The lowest BCUT2D eigenvalue weighted by Crippen LogP contribution is -2.28. The number of ketones is 1. The van der Waals surface area contributed by atoms with E-state index >= 15 is 4.39 Å². The fourth-order valence-electron chi connectivity index (χ4n) is 4.56. The number of halogens is 1. The van der Waals surface area contributed by atoms with Gasteiger partial charge >= 0.3 is 0 Å². The molecule has 2 nitrogen and oxygen atoms in total. The first-order valence-electron chi connectivity index (χ1n) is 10.4. The first-order valence-corrected chi connectivity index (χ1v) is 11.6. The molecule has 0 radical (unpaired) electrons. The Bertz CT molecular complexity index is 1280. The standard InChI is InChI=1S/C26H24FO2S/c1-17(28)18-9-12-25-21(15-18)20-7-3-4-8-24(20)30(25)19-10-11-23(22(27)16-19)29-26(2)13-5-6-14-26/h3-4,7-12,15-16H,5-6,13-14H2,1-2H3/q+1. The number of rotatable bonds is 4. The van der Waals surface area contributed by atoms with Gasteiger partial charge < -0.3 is 4.74 Å². The number of Topliss-reactive ketones (excluding diaryl/α,β-unsaturated/α-hetero) is 1. The van der Waals surface area contributed by atoms with Crippen LogP contribution in [-0.2, 0) is 0 Å². The summed E-state index contributed by atoms with van der Waals surface area (Å²) in [5.74, 6) is 0.0841. The van der Waals surface area contributed by atoms with Gasteiger partial charge in [-0.3, -0.25) is 4.79 Å². The third-order valence-corrected chi connectivity index (χ3v) is 8.48. The molecule has 0 spiro atoms. The van der Waals surface area contributed by atoms with Crippen molar-refractivity contribution >= 4 is 36.4 Å². The maximum absolute atomic E-state index is 15.1. The van der Waals surface area contributed by atoms with Gasteiger partial charge in [-0.2, -0.15) is 0 Å². The van der Waals surface area contributed by atoms with Gasteiger partial charge in [-0.15, -0.1) is 0 Å². The maximum atomic E-state index is 15.1. The molecule has 0 N–H and O–H groups in total. The molecule has 0 aliphatic heterocycles. The van der Waals surface area contributed by atoms with Crippen molar-refractivity contribution in [2.24, 2.45) is 0 Å². The van der Waals surface area contributed by atoms with Crippen molar-refractivity contribution in [1.29, 1.82) is 0 Å². The van der Waals surface area contributed by atoms with E-state index in [0.29, 0.717) is 11.3 Å². The zero-order valence-corrected chi connectivity index (χ0v) is 18.0. The van der Waals surface area contributed by atoms with Crippen LogP contribution >= 0.6 is 10.5 Å². The molecule has 4 heteroatoms. The van der Waals surface area contributed by atoms with E-state index < -0.39 is 10.5 Å². The Morgan fingerprint density at radius 2 is 1.70 bits per heavy atom. The quantitative estimate of drug-likeness (QED) is 0.249. The van der Waals surface area contributed by atoms with Crippen LogP contribution in [0, 0.1) is 5.82 Å². The van der Waals surface area contributed by atoms with E-state index in [1.165, 1.54) is 4.70 Å². The molecular weight excluding hydrogens is 395 g/mol. The number of ether oxygens (including phenoxy) is 1. The van der Waals surface area contributed by atoms with Crippen LogP contribution in [0.2, 0.25) is 0 Å². The van der Waals surface area contributed by atoms with Gasteiger partial charge in [-0.25, -0.2) is 4.39 Å². The summed E-state index contributed by atoms with van der Waals surface area (Å²) < 4.78 is 23.5. The van der Waals surface area contributed by atoms with E-state index in [4.69, 9.17) is 4.74 Å². The Morgan fingerprint density at radius 3 is 2.43 bits per heavy atom. The average molecular weight is 420 g/mol. The fraction of sp³-hybridized carbons (Fsp3) is 0.269. The van der Waals surface area contributed by atoms with E-state index in [-0.39, 0.29) is 17.2 Å². The van der Waals surface area contributed by atoms with Gasteiger partial charge in [-0.1, -0.05) is 12.1 Å². The lowest BCUT2D eigenvalue weighted by Gasteiger charge is -2.25. The first-order chi connectivity index (χ1) is 14.5. The highest BCUT2D eigenvalue weighted by Gasteiger charge is 2.32. The second-order valence-electron chi connectivity index (χ2n) is 8.42. The Hall–Kier alpha value is -2.72. The second-order valence-corrected chi connectivity index (χ2v) is 10.4. The van der Waals surface area contributed by atoms with Crippen LogP contribution in [0.25, 0.3) is 25.1 Å². The predicted molar refractivity (Wildman–Crippen MR) is 123 cm³/mol. The first kappa shape index (κ1) is 19.3. The largest absolute Gasteiger partial charge is 0.484 e. The molecular formula is C26H24FO2S+. The van der Waals surface area contributed by atoms with E-state index in [9.17, 15) is 4.79 Å². The second kappa shape index (κ2) is 7.21. The molecule has 1 atom stereocenters. The number of thiophene rings is 1. The molecule has 1 aromatic heterocycles. The molecule has 3 aromatic carbocycles. The molecule has 0 amide bonds. The zero-order chi connectivity index (χ0) is 20.9. The monoisotopic (exact) mass is 419 g/mol. The molecule has 0 bridgehead atoms. The smallest absolute Gasteiger partial charge is 0.187 e. The maximum Gasteiger partial charge on any atom is 0.187 e. The normalized spacial score (nSPS) is 16.3. The van der Waals surface area contributed by atoms with Crippen molar-refractivity contribution in [3.8, 4) is 10.6 Å². The van der Waals surface area contributed by atoms with Gasteiger partial charge in [0.25, 0.3) is 0 Å². The van der Waals surface area contributed by atoms with Crippen molar-refractivity contribution in [2.45, 2.75) is 45.1 Å². The third-order valence-electron chi connectivity index (χ3n) is 6.16. The summed E-state index contributed by atoms with van der Waals surface area (Å²) in [5, 5.41) is 2.19. The van der Waals surface area contributed by atoms with Crippen LogP contribution in [0.4, 0.5) is 4.39 Å².